The Balaban J connectivity index is 1.51. The van der Waals surface area contributed by atoms with Gasteiger partial charge in [0.25, 0.3) is 5.91 Å². The Labute approximate surface area is 207 Å². The third kappa shape index (κ3) is 5.10. The number of rotatable bonds is 9. The van der Waals surface area contributed by atoms with E-state index in [1.165, 1.54) is 4.57 Å². The number of fused-ring (bicyclic) bond motifs is 2. The molecule has 2 atom stereocenters. The summed E-state index contributed by atoms with van der Waals surface area (Å²) in [4.78, 5) is 44.4. The SMILES string of the molecule is COc1cccc2[nH]c(C(=O)N[C@@H](CC(C)C)C(=O)N[C@H](C#N)Cn3c(=O)[nH]c4ccccc43)cc12. The summed E-state index contributed by atoms with van der Waals surface area (Å²) in [5, 5.41) is 15.9. The molecule has 2 amide bonds. The number of imidazole rings is 1. The molecule has 0 aliphatic rings. The number of nitrogens with zero attached hydrogens (tertiary/aromatic N) is 2. The van der Waals surface area contributed by atoms with Crippen molar-refractivity contribution < 1.29 is 14.3 Å². The van der Waals surface area contributed by atoms with Crippen molar-refractivity contribution in [2.45, 2.75) is 38.9 Å². The summed E-state index contributed by atoms with van der Waals surface area (Å²) in [7, 11) is 1.56. The lowest BCUT2D eigenvalue weighted by atomic mass is 10.0. The number of aromatic nitrogens is 3. The van der Waals surface area contributed by atoms with Crippen LogP contribution in [0.3, 0.4) is 0 Å². The van der Waals surface area contributed by atoms with E-state index in [1.807, 2.05) is 32.0 Å². The van der Waals surface area contributed by atoms with E-state index in [2.05, 4.69) is 20.6 Å². The Hall–Kier alpha value is -4.52. The van der Waals surface area contributed by atoms with Crippen LogP contribution in [0.5, 0.6) is 5.75 Å². The quantitative estimate of drug-likeness (QED) is 0.286. The summed E-state index contributed by atoms with van der Waals surface area (Å²) in [5.41, 5.74) is 1.94. The van der Waals surface area contributed by atoms with Gasteiger partial charge in [0.05, 0.1) is 30.8 Å². The standard InChI is InChI=1S/C26H28N6O4/c1-15(2)11-20(30-25(34)21-12-17-18(29-21)8-6-10-23(17)36-3)24(33)28-16(13-27)14-32-22-9-5-4-7-19(22)31-26(32)35/h4-10,12,15-16,20,29H,11,14H2,1-3H3,(H,28,33)(H,30,34)(H,31,35)/t16-,20+/m1/s1. The highest BCUT2D eigenvalue weighted by molar-refractivity contribution is 6.01. The summed E-state index contributed by atoms with van der Waals surface area (Å²) < 4.78 is 6.77. The second kappa shape index (κ2) is 10.4. The first-order valence-electron chi connectivity index (χ1n) is 11.6. The van der Waals surface area contributed by atoms with Crippen molar-refractivity contribution in [3.05, 3.63) is 64.7 Å². The third-order valence-electron chi connectivity index (χ3n) is 5.94. The number of nitrogens with one attached hydrogen (secondary N) is 4. The Morgan fingerprint density at radius 3 is 2.56 bits per heavy atom. The van der Waals surface area contributed by atoms with Gasteiger partial charge in [-0.15, -0.1) is 0 Å². The lowest BCUT2D eigenvalue weighted by Gasteiger charge is -2.22. The number of hydrogen-bond donors (Lipinski definition) is 4. The van der Waals surface area contributed by atoms with E-state index < -0.39 is 23.9 Å². The van der Waals surface area contributed by atoms with Gasteiger partial charge in [-0.05, 0) is 42.7 Å². The fourth-order valence-corrected chi connectivity index (χ4v) is 4.23. The number of benzene rings is 2. The van der Waals surface area contributed by atoms with E-state index >= 15 is 0 Å². The van der Waals surface area contributed by atoms with Crippen molar-refractivity contribution in [1.82, 2.24) is 25.2 Å². The summed E-state index contributed by atoms with van der Waals surface area (Å²) >= 11 is 0. The van der Waals surface area contributed by atoms with Crippen LogP contribution in [-0.4, -0.2) is 45.5 Å². The lowest BCUT2D eigenvalue weighted by Crippen LogP contribution is -2.51. The number of hydrogen-bond acceptors (Lipinski definition) is 5. The summed E-state index contributed by atoms with van der Waals surface area (Å²) in [6.45, 7) is 3.84. The fraction of sp³-hybridized carbons (Fsp3) is 0.308. The average Bonchev–Trinajstić information content (AvgIpc) is 3.43. The zero-order valence-corrected chi connectivity index (χ0v) is 20.3. The lowest BCUT2D eigenvalue weighted by molar-refractivity contribution is -0.123. The van der Waals surface area contributed by atoms with Crippen LogP contribution in [0.4, 0.5) is 0 Å². The van der Waals surface area contributed by atoms with Crippen LogP contribution in [0, 0.1) is 17.2 Å². The largest absolute Gasteiger partial charge is 0.496 e. The third-order valence-corrected chi connectivity index (χ3v) is 5.94. The van der Waals surface area contributed by atoms with E-state index in [1.54, 1.807) is 43.5 Å². The van der Waals surface area contributed by atoms with Crippen LogP contribution in [-0.2, 0) is 11.3 Å². The normalized spacial score (nSPS) is 12.9. The molecule has 0 saturated carbocycles. The van der Waals surface area contributed by atoms with Crippen molar-refractivity contribution >= 4 is 33.8 Å². The maximum absolute atomic E-state index is 13.2. The van der Waals surface area contributed by atoms with Crippen LogP contribution >= 0.6 is 0 Å². The Morgan fingerprint density at radius 2 is 1.83 bits per heavy atom. The second-order valence-electron chi connectivity index (χ2n) is 9.01. The molecule has 0 radical (unpaired) electrons. The number of para-hydroxylation sites is 2. The number of carbonyl (C=O) groups is 2. The van der Waals surface area contributed by atoms with Crippen LogP contribution in [0.15, 0.2) is 53.3 Å². The second-order valence-corrected chi connectivity index (χ2v) is 9.01. The van der Waals surface area contributed by atoms with E-state index in [0.717, 1.165) is 10.9 Å². The fourth-order valence-electron chi connectivity index (χ4n) is 4.23. The molecule has 0 saturated heterocycles. The van der Waals surface area contributed by atoms with Crippen molar-refractivity contribution in [2.24, 2.45) is 5.92 Å². The molecule has 0 aliphatic carbocycles. The van der Waals surface area contributed by atoms with Crippen LogP contribution in [0.25, 0.3) is 21.9 Å². The predicted octanol–water partition coefficient (Wildman–Crippen LogP) is 2.67. The Morgan fingerprint density at radius 1 is 1.08 bits per heavy atom. The monoisotopic (exact) mass is 488 g/mol. The zero-order chi connectivity index (χ0) is 25.8. The molecule has 10 heteroatoms. The maximum Gasteiger partial charge on any atom is 0.326 e. The molecule has 0 aliphatic heterocycles. The van der Waals surface area contributed by atoms with E-state index in [4.69, 9.17) is 4.74 Å². The summed E-state index contributed by atoms with van der Waals surface area (Å²) in [5.74, 6) is -0.218. The number of aromatic amines is 2. The number of carbonyl (C=O) groups excluding carboxylic acids is 2. The molecule has 36 heavy (non-hydrogen) atoms. The van der Waals surface area contributed by atoms with Gasteiger partial charge in [-0.2, -0.15) is 5.26 Å². The molecule has 10 nitrogen and oxygen atoms in total. The molecule has 2 aromatic carbocycles. The Bertz CT molecular complexity index is 1510. The first kappa shape index (κ1) is 24.6. The number of nitriles is 1. The summed E-state index contributed by atoms with van der Waals surface area (Å²) in [6, 6.07) is 14.4. The predicted molar refractivity (Wildman–Crippen MR) is 136 cm³/mol. The molecule has 0 spiro atoms. The maximum atomic E-state index is 13.2. The van der Waals surface area contributed by atoms with Gasteiger partial charge in [-0.1, -0.05) is 32.0 Å². The van der Waals surface area contributed by atoms with Crippen LogP contribution in [0.2, 0.25) is 0 Å². The van der Waals surface area contributed by atoms with E-state index in [9.17, 15) is 19.6 Å². The van der Waals surface area contributed by atoms with Gasteiger partial charge in [-0.25, -0.2) is 4.79 Å². The van der Waals surface area contributed by atoms with Crippen LogP contribution < -0.4 is 21.1 Å². The molecule has 4 rings (SSSR count). The van der Waals surface area contributed by atoms with Crippen molar-refractivity contribution in [1.29, 1.82) is 5.26 Å². The highest BCUT2D eigenvalue weighted by Crippen LogP contribution is 2.26. The Kier molecular flexibility index (Phi) is 7.10. The number of ether oxygens (including phenoxy) is 1. The molecule has 0 unspecified atom stereocenters. The van der Waals surface area contributed by atoms with Gasteiger partial charge in [0.2, 0.25) is 5.91 Å². The first-order valence-corrected chi connectivity index (χ1v) is 11.6. The molecule has 4 N–H and O–H groups in total. The van der Waals surface area contributed by atoms with Gasteiger partial charge in [0.15, 0.2) is 0 Å². The van der Waals surface area contributed by atoms with Crippen molar-refractivity contribution in [3.8, 4) is 11.8 Å². The number of methoxy groups -OCH3 is 1. The van der Waals surface area contributed by atoms with Gasteiger partial charge >= 0.3 is 5.69 Å². The first-order chi connectivity index (χ1) is 17.3. The van der Waals surface area contributed by atoms with Gasteiger partial charge in [-0.3, -0.25) is 14.2 Å². The highest BCUT2D eigenvalue weighted by Gasteiger charge is 2.26. The molecular formula is C26H28N6O4. The van der Waals surface area contributed by atoms with Crippen LogP contribution in [0.1, 0.15) is 30.8 Å². The zero-order valence-electron chi connectivity index (χ0n) is 20.3. The molecule has 186 valence electrons. The van der Waals surface area contributed by atoms with Gasteiger partial charge in [0.1, 0.15) is 23.5 Å². The minimum absolute atomic E-state index is 0.0325. The minimum Gasteiger partial charge on any atom is -0.496 e. The highest BCUT2D eigenvalue weighted by atomic mass is 16.5. The van der Waals surface area contributed by atoms with Gasteiger partial charge < -0.3 is 25.3 Å². The minimum atomic E-state index is -0.974. The molecule has 0 fully saturated rings. The number of amides is 2. The molecule has 0 bridgehead atoms. The smallest absolute Gasteiger partial charge is 0.326 e. The topological polar surface area (TPSA) is 145 Å². The summed E-state index contributed by atoms with van der Waals surface area (Å²) in [6.07, 6.45) is 0.367. The molecule has 2 aromatic heterocycles. The van der Waals surface area contributed by atoms with Gasteiger partial charge in [0, 0.05) is 10.9 Å². The number of H-pyrrole nitrogens is 2. The molecular weight excluding hydrogens is 460 g/mol. The van der Waals surface area contributed by atoms with E-state index in [-0.39, 0.29) is 18.2 Å². The molecule has 2 heterocycles. The van der Waals surface area contributed by atoms with Crippen molar-refractivity contribution in [2.75, 3.05) is 7.11 Å². The van der Waals surface area contributed by atoms with Crippen molar-refractivity contribution in [3.63, 3.8) is 0 Å². The van der Waals surface area contributed by atoms with E-state index in [0.29, 0.717) is 28.9 Å². The average molecular weight is 489 g/mol. The molecule has 4 aromatic rings.